The molecule has 0 saturated carbocycles. The maximum Gasteiger partial charge on any atom is 0.159 e. The molecule has 3 nitrogen and oxygen atoms in total. The summed E-state index contributed by atoms with van der Waals surface area (Å²) in [5.41, 5.74) is 3.36. The number of nitrogens with zero attached hydrogens (tertiary/aromatic N) is 3. The van der Waals surface area contributed by atoms with Crippen molar-refractivity contribution in [2.75, 3.05) is 0 Å². The highest BCUT2D eigenvalue weighted by molar-refractivity contribution is 7.99. The Bertz CT molecular complexity index is 731. The third-order valence-corrected chi connectivity index (χ3v) is 4.50. The van der Waals surface area contributed by atoms with Gasteiger partial charge in [-0.1, -0.05) is 42.8 Å². The Kier molecular flexibility index (Phi) is 4.25. The fourth-order valence-electron chi connectivity index (χ4n) is 2.27. The maximum atomic E-state index is 4.63. The van der Waals surface area contributed by atoms with Crippen LogP contribution >= 0.6 is 11.8 Å². The molecule has 0 aliphatic carbocycles. The van der Waals surface area contributed by atoms with Crippen LogP contribution in [0.2, 0.25) is 0 Å². The van der Waals surface area contributed by atoms with Gasteiger partial charge in [0.05, 0.1) is 11.9 Å². The van der Waals surface area contributed by atoms with Gasteiger partial charge < -0.3 is 0 Å². The molecule has 0 bridgehead atoms. The Labute approximate surface area is 129 Å². The first-order valence-corrected chi connectivity index (χ1v) is 8.15. The Morgan fingerprint density at radius 3 is 2.71 bits per heavy atom. The van der Waals surface area contributed by atoms with E-state index < -0.39 is 0 Å². The van der Waals surface area contributed by atoms with Crippen molar-refractivity contribution in [2.45, 2.75) is 43.0 Å². The minimum absolute atomic E-state index is 0.987. The van der Waals surface area contributed by atoms with Gasteiger partial charge in [-0.15, -0.1) is 0 Å². The number of aryl methyl sites for hydroxylation is 2. The lowest BCUT2D eigenvalue weighted by atomic mass is 10.2. The first kappa shape index (κ1) is 14.1. The van der Waals surface area contributed by atoms with Crippen molar-refractivity contribution >= 4 is 17.4 Å². The molecule has 0 aliphatic rings. The zero-order valence-corrected chi connectivity index (χ0v) is 13.2. The van der Waals surface area contributed by atoms with Crippen molar-refractivity contribution in [3.8, 4) is 0 Å². The average molecular weight is 297 g/mol. The Hall–Kier alpha value is -1.81. The topological polar surface area (TPSA) is 30.2 Å². The van der Waals surface area contributed by atoms with E-state index in [-0.39, 0.29) is 0 Å². The van der Waals surface area contributed by atoms with Crippen LogP contribution in [-0.4, -0.2) is 14.4 Å². The Morgan fingerprint density at radius 2 is 1.95 bits per heavy atom. The summed E-state index contributed by atoms with van der Waals surface area (Å²) in [7, 11) is 0. The molecule has 3 aromatic rings. The lowest BCUT2D eigenvalue weighted by molar-refractivity contribution is 0.768. The zero-order valence-electron chi connectivity index (χ0n) is 12.4. The standard InChI is InChI=1S/C17H19N3S/c1-3-4-5-15-17-18-10-11-20(17)16(12-19-15)21-14-8-6-13(2)7-9-14/h6-12H,3-5H2,1-2H3. The van der Waals surface area contributed by atoms with Crippen molar-refractivity contribution in [1.82, 2.24) is 14.4 Å². The van der Waals surface area contributed by atoms with Crippen molar-refractivity contribution in [1.29, 1.82) is 0 Å². The predicted octanol–water partition coefficient (Wildman–Crippen LogP) is 4.53. The second-order valence-electron chi connectivity index (χ2n) is 5.18. The van der Waals surface area contributed by atoms with Gasteiger partial charge in [0, 0.05) is 17.3 Å². The molecular weight excluding hydrogens is 278 g/mol. The number of hydrogen-bond donors (Lipinski definition) is 0. The second kappa shape index (κ2) is 6.31. The molecule has 0 amide bonds. The molecule has 1 aromatic carbocycles. The minimum atomic E-state index is 0.987. The third kappa shape index (κ3) is 3.10. The van der Waals surface area contributed by atoms with E-state index in [0.29, 0.717) is 0 Å². The molecule has 0 N–H and O–H groups in total. The predicted molar refractivity (Wildman–Crippen MR) is 86.9 cm³/mol. The van der Waals surface area contributed by atoms with E-state index in [1.54, 1.807) is 11.8 Å². The normalized spacial score (nSPS) is 11.1. The van der Waals surface area contributed by atoms with Gasteiger partial charge in [-0.25, -0.2) is 4.98 Å². The largest absolute Gasteiger partial charge is 0.291 e. The summed E-state index contributed by atoms with van der Waals surface area (Å²) >= 11 is 1.72. The van der Waals surface area contributed by atoms with Gasteiger partial charge in [0.25, 0.3) is 0 Å². The summed E-state index contributed by atoms with van der Waals surface area (Å²) in [6.45, 7) is 4.30. The lowest BCUT2D eigenvalue weighted by Gasteiger charge is -2.08. The van der Waals surface area contributed by atoms with Crippen LogP contribution in [0.4, 0.5) is 0 Å². The van der Waals surface area contributed by atoms with E-state index in [1.165, 1.54) is 16.9 Å². The molecule has 0 saturated heterocycles. The smallest absolute Gasteiger partial charge is 0.159 e. The summed E-state index contributed by atoms with van der Waals surface area (Å²) in [5, 5.41) is 1.10. The van der Waals surface area contributed by atoms with E-state index in [4.69, 9.17) is 0 Å². The number of fused-ring (bicyclic) bond motifs is 1. The second-order valence-corrected chi connectivity index (χ2v) is 6.28. The fraction of sp³-hybridized carbons (Fsp3) is 0.294. The SMILES string of the molecule is CCCCc1ncc(Sc2ccc(C)cc2)n2ccnc12. The van der Waals surface area contributed by atoms with Crippen LogP contribution in [0.15, 0.2) is 52.8 Å². The number of imidazole rings is 1. The first-order chi connectivity index (χ1) is 10.3. The molecule has 2 aromatic heterocycles. The van der Waals surface area contributed by atoms with E-state index in [9.17, 15) is 0 Å². The number of unbranched alkanes of at least 4 members (excludes halogenated alkanes) is 1. The number of benzene rings is 1. The third-order valence-electron chi connectivity index (χ3n) is 3.48. The monoisotopic (exact) mass is 297 g/mol. The highest BCUT2D eigenvalue weighted by atomic mass is 32.2. The Morgan fingerprint density at radius 1 is 1.14 bits per heavy atom. The molecule has 0 spiro atoms. The van der Waals surface area contributed by atoms with Gasteiger partial charge in [0.2, 0.25) is 0 Å². The number of hydrogen-bond acceptors (Lipinski definition) is 3. The van der Waals surface area contributed by atoms with Crippen LogP contribution in [0.25, 0.3) is 5.65 Å². The molecule has 0 aliphatic heterocycles. The lowest BCUT2D eigenvalue weighted by Crippen LogP contribution is -1.99. The molecule has 0 unspecified atom stereocenters. The zero-order chi connectivity index (χ0) is 14.7. The molecular formula is C17H19N3S. The van der Waals surface area contributed by atoms with Crippen molar-refractivity contribution < 1.29 is 0 Å². The van der Waals surface area contributed by atoms with Crippen LogP contribution < -0.4 is 0 Å². The van der Waals surface area contributed by atoms with Crippen LogP contribution in [0.3, 0.4) is 0 Å². The highest BCUT2D eigenvalue weighted by Gasteiger charge is 2.09. The van der Waals surface area contributed by atoms with Gasteiger partial charge in [-0.05, 0) is 31.9 Å². The van der Waals surface area contributed by atoms with E-state index in [0.717, 1.165) is 29.2 Å². The van der Waals surface area contributed by atoms with Crippen molar-refractivity contribution in [2.24, 2.45) is 0 Å². The molecule has 4 heteroatoms. The molecule has 0 fully saturated rings. The molecule has 2 heterocycles. The summed E-state index contributed by atoms with van der Waals surface area (Å²) < 4.78 is 2.14. The fourth-order valence-corrected chi connectivity index (χ4v) is 3.14. The summed E-state index contributed by atoms with van der Waals surface area (Å²) in [5.74, 6) is 0. The molecule has 0 radical (unpaired) electrons. The molecule has 0 atom stereocenters. The van der Waals surface area contributed by atoms with Gasteiger partial charge in [-0.3, -0.25) is 9.38 Å². The molecule has 108 valence electrons. The van der Waals surface area contributed by atoms with E-state index in [1.807, 2.05) is 18.6 Å². The molecule has 21 heavy (non-hydrogen) atoms. The van der Waals surface area contributed by atoms with Crippen LogP contribution in [0.5, 0.6) is 0 Å². The van der Waals surface area contributed by atoms with Gasteiger partial charge in [0.1, 0.15) is 5.03 Å². The van der Waals surface area contributed by atoms with Crippen LogP contribution in [-0.2, 0) is 6.42 Å². The summed E-state index contributed by atoms with van der Waals surface area (Å²) in [6.07, 6.45) is 9.15. The quantitative estimate of drug-likeness (QED) is 0.693. The van der Waals surface area contributed by atoms with E-state index >= 15 is 0 Å². The minimum Gasteiger partial charge on any atom is -0.291 e. The summed E-state index contributed by atoms with van der Waals surface area (Å²) in [6, 6.07) is 8.56. The molecule has 3 rings (SSSR count). The average Bonchev–Trinajstić information content (AvgIpc) is 2.99. The highest BCUT2D eigenvalue weighted by Crippen LogP contribution is 2.28. The van der Waals surface area contributed by atoms with E-state index in [2.05, 4.69) is 52.5 Å². The number of aromatic nitrogens is 3. The van der Waals surface area contributed by atoms with Gasteiger partial charge >= 0.3 is 0 Å². The maximum absolute atomic E-state index is 4.63. The van der Waals surface area contributed by atoms with Crippen molar-refractivity contribution in [3.05, 3.63) is 54.1 Å². The van der Waals surface area contributed by atoms with Crippen LogP contribution in [0, 0.1) is 6.92 Å². The number of rotatable bonds is 5. The summed E-state index contributed by atoms with van der Waals surface area (Å²) in [4.78, 5) is 10.3. The van der Waals surface area contributed by atoms with Gasteiger partial charge in [0.15, 0.2) is 5.65 Å². The van der Waals surface area contributed by atoms with Crippen molar-refractivity contribution in [3.63, 3.8) is 0 Å². The first-order valence-electron chi connectivity index (χ1n) is 7.33. The van der Waals surface area contributed by atoms with Crippen LogP contribution in [0.1, 0.15) is 31.0 Å². The Balaban J connectivity index is 1.92. The van der Waals surface area contributed by atoms with Gasteiger partial charge in [-0.2, -0.15) is 0 Å².